The van der Waals surface area contributed by atoms with Crippen LogP contribution < -0.4 is 0 Å². The summed E-state index contributed by atoms with van der Waals surface area (Å²) in [6.45, 7) is 0. The van der Waals surface area contributed by atoms with Crippen LogP contribution in [0.4, 0.5) is 0 Å². The summed E-state index contributed by atoms with van der Waals surface area (Å²) in [5.74, 6) is 1.90. The molecule has 0 N–H and O–H groups in total. The van der Waals surface area contributed by atoms with E-state index in [1.54, 1.807) is 18.0 Å². The molecule has 0 saturated heterocycles. The van der Waals surface area contributed by atoms with Gasteiger partial charge >= 0.3 is 0 Å². The van der Waals surface area contributed by atoms with Crippen LogP contribution in [0.25, 0.3) is 0 Å². The van der Waals surface area contributed by atoms with Crippen LogP contribution in [0.15, 0.2) is 12.4 Å². The highest BCUT2D eigenvalue weighted by Gasteiger charge is 2.04. The van der Waals surface area contributed by atoms with Gasteiger partial charge in [0.2, 0.25) is 0 Å². The van der Waals surface area contributed by atoms with Crippen LogP contribution in [-0.2, 0) is 18.3 Å². The van der Waals surface area contributed by atoms with Crippen molar-refractivity contribution in [3.05, 3.63) is 18.2 Å². The number of thioether (sulfide) groups is 1. The Hall–Kier alpha value is -0.770. The number of nitrogens with zero attached hydrogens (tertiary/aromatic N) is 2. The standard InChI is InChI=1S/C9H14N2OS/c1-11-6-5-10-9(11)4-3-8(12)7-13-2/h5-6H,3-4,7H2,1-2H3. The Morgan fingerprint density at radius 3 is 3.00 bits per heavy atom. The monoisotopic (exact) mass is 198 g/mol. The van der Waals surface area contributed by atoms with Gasteiger partial charge in [-0.05, 0) is 6.26 Å². The summed E-state index contributed by atoms with van der Waals surface area (Å²) >= 11 is 1.57. The second kappa shape index (κ2) is 5.07. The van der Waals surface area contributed by atoms with Crippen molar-refractivity contribution in [2.75, 3.05) is 12.0 Å². The minimum atomic E-state index is 0.301. The van der Waals surface area contributed by atoms with E-state index in [4.69, 9.17) is 0 Å². The number of Topliss-reactive ketones (excluding diaryl/α,β-unsaturated/α-hetero) is 1. The highest BCUT2D eigenvalue weighted by molar-refractivity contribution is 7.99. The molecule has 0 amide bonds. The minimum absolute atomic E-state index is 0.301. The molecule has 4 heteroatoms. The fraction of sp³-hybridized carbons (Fsp3) is 0.556. The number of ketones is 1. The normalized spacial score (nSPS) is 10.3. The van der Waals surface area contributed by atoms with E-state index in [9.17, 15) is 4.79 Å². The van der Waals surface area contributed by atoms with Gasteiger partial charge < -0.3 is 4.57 Å². The Balaban J connectivity index is 2.35. The molecule has 0 saturated carbocycles. The number of rotatable bonds is 5. The third kappa shape index (κ3) is 3.22. The second-order valence-corrected chi connectivity index (χ2v) is 3.79. The molecule has 72 valence electrons. The average molecular weight is 198 g/mol. The number of hydrogen-bond acceptors (Lipinski definition) is 3. The van der Waals surface area contributed by atoms with Crippen LogP contribution in [0.3, 0.4) is 0 Å². The summed E-state index contributed by atoms with van der Waals surface area (Å²) < 4.78 is 1.95. The van der Waals surface area contributed by atoms with Crippen LogP contribution in [0.1, 0.15) is 12.2 Å². The molecule has 0 aliphatic rings. The average Bonchev–Trinajstić information content (AvgIpc) is 2.48. The van der Waals surface area contributed by atoms with Crippen LogP contribution in [0.5, 0.6) is 0 Å². The quantitative estimate of drug-likeness (QED) is 0.715. The van der Waals surface area contributed by atoms with E-state index in [0.717, 1.165) is 12.2 Å². The van der Waals surface area contributed by atoms with Gasteiger partial charge in [0.25, 0.3) is 0 Å². The zero-order valence-electron chi connectivity index (χ0n) is 7.99. The van der Waals surface area contributed by atoms with Gasteiger partial charge in [0.15, 0.2) is 0 Å². The van der Waals surface area contributed by atoms with Gasteiger partial charge in [-0.1, -0.05) is 0 Å². The highest BCUT2D eigenvalue weighted by Crippen LogP contribution is 2.02. The van der Waals surface area contributed by atoms with Crippen molar-refractivity contribution in [3.63, 3.8) is 0 Å². The van der Waals surface area contributed by atoms with E-state index in [1.165, 1.54) is 0 Å². The van der Waals surface area contributed by atoms with Gasteiger partial charge in [-0.3, -0.25) is 4.79 Å². The first kappa shape index (κ1) is 10.3. The van der Waals surface area contributed by atoms with Crippen molar-refractivity contribution >= 4 is 17.5 Å². The van der Waals surface area contributed by atoms with Gasteiger partial charge in [0.05, 0.1) is 5.75 Å². The topological polar surface area (TPSA) is 34.9 Å². The van der Waals surface area contributed by atoms with Crippen molar-refractivity contribution in [1.29, 1.82) is 0 Å². The maximum Gasteiger partial charge on any atom is 0.143 e. The SMILES string of the molecule is CSCC(=O)CCc1nccn1C. The lowest BCUT2D eigenvalue weighted by atomic mass is 10.2. The molecule has 1 aromatic rings. The van der Waals surface area contributed by atoms with E-state index in [-0.39, 0.29) is 0 Å². The first-order chi connectivity index (χ1) is 6.24. The first-order valence-electron chi connectivity index (χ1n) is 4.21. The second-order valence-electron chi connectivity index (χ2n) is 2.93. The number of hydrogen-bond donors (Lipinski definition) is 0. The van der Waals surface area contributed by atoms with Gasteiger partial charge in [0, 0.05) is 32.3 Å². The van der Waals surface area contributed by atoms with E-state index in [1.807, 2.05) is 24.1 Å². The highest BCUT2D eigenvalue weighted by atomic mass is 32.2. The maximum absolute atomic E-state index is 11.2. The first-order valence-corrected chi connectivity index (χ1v) is 5.60. The molecule has 0 spiro atoms. The molecule has 0 fully saturated rings. The Bertz CT molecular complexity index is 283. The van der Waals surface area contributed by atoms with Crippen LogP contribution in [0.2, 0.25) is 0 Å². The molecule has 0 atom stereocenters. The van der Waals surface area contributed by atoms with Crippen molar-refractivity contribution < 1.29 is 4.79 Å². The van der Waals surface area contributed by atoms with E-state index < -0.39 is 0 Å². The Morgan fingerprint density at radius 2 is 2.46 bits per heavy atom. The molecule has 0 aromatic carbocycles. The summed E-state index contributed by atoms with van der Waals surface area (Å²) in [4.78, 5) is 15.3. The molecule has 0 aliphatic carbocycles. The zero-order chi connectivity index (χ0) is 9.68. The number of carbonyl (C=O) groups is 1. The summed E-state index contributed by atoms with van der Waals surface area (Å²) in [6, 6.07) is 0. The third-order valence-corrected chi connectivity index (χ3v) is 2.46. The number of aromatic nitrogens is 2. The van der Waals surface area contributed by atoms with Gasteiger partial charge in [-0.15, -0.1) is 0 Å². The molecular formula is C9H14N2OS. The molecule has 0 aliphatic heterocycles. The number of imidazole rings is 1. The predicted octanol–water partition coefficient (Wildman–Crippen LogP) is 1.28. The number of carbonyl (C=O) groups excluding carboxylic acids is 1. The van der Waals surface area contributed by atoms with Crippen LogP contribution in [0, 0.1) is 0 Å². The van der Waals surface area contributed by atoms with Crippen LogP contribution >= 0.6 is 11.8 Å². The molecule has 3 nitrogen and oxygen atoms in total. The van der Waals surface area contributed by atoms with Gasteiger partial charge in [-0.2, -0.15) is 11.8 Å². The Kier molecular flexibility index (Phi) is 4.02. The molecule has 0 unspecified atom stereocenters. The molecule has 1 heterocycles. The molecule has 0 bridgehead atoms. The fourth-order valence-electron chi connectivity index (χ4n) is 1.12. The van der Waals surface area contributed by atoms with Crippen LogP contribution in [-0.4, -0.2) is 27.3 Å². The molecule has 1 rings (SSSR count). The zero-order valence-corrected chi connectivity index (χ0v) is 8.80. The lowest BCUT2D eigenvalue weighted by molar-refractivity contribution is -0.116. The fourth-order valence-corrected chi connectivity index (χ4v) is 1.59. The Labute approximate surface area is 82.5 Å². The summed E-state index contributed by atoms with van der Waals surface area (Å²) in [6.07, 6.45) is 6.95. The summed E-state index contributed by atoms with van der Waals surface area (Å²) in [5.41, 5.74) is 0. The molecule has 13 heavy (non-hydrogen) atoms. The predicted molar refractivity (Wildman–Crippen MR) is 54.9 cm³/mol. The number of aryl methyl sites for hydroxylation is 2. The van der Waals surface area contributed by atoms with Gasteiger partial charge in [0.1, 0.15) is 11.6 Å². The van der Waals surface area contributed by atoms with Crippen molar-refractivity contribution in [1.82, 2.24) is 9.55 Å². The molecule has 1 aromatic heterocycles. The van der Waals surface area contributed by atoms with Crippen molar-refractivity contribution in [3.8, 4) is 0 Å². The summed E-state index contributed by atoms with van der Waals surface area (Å²) in [7, 11) is 1.95. The van der Waals surface area contributed by atoms with Gasteiger partial charge in [-0.25, -0.2) is 4.98 Å². The van der Waals surface area contributed by atoms with Crippen molar-refractivity contribution in [2.24, 2.45) is 7.05 Å². The summed E-state index contributed by atoms with van der Waals surface area (Å²) in [5, 5.41) is 0. The lowest BCUT2D eigenvalue weighted by Gasteiger charge is -2.00. The third-order valence-electron chi connectivity index (χ3n) is 1.85. The molecular weight excluding hydrogens is 184 g/mol. The maximum atomic E-state index is 11.2. The largest absolute Gasteiger partial charge is 0.338 e. The lowest BCUT2D eigenvalue weighted by Crippen LogP contribution is -2.05. The van der Waals surface area contributed by atoms with E-state index in [0.29, 0.717) is 18.0 Å². The smallest absolute Gasteiger partial charge is 0.143 e. The minimum Gasteiger partial charge on any atom is -0.338 e. The van der Waals surface area contributed by atoms with Crippen molar-refractivity contribution in [2.45, 2.75) is 12.8 Å². The van der Waals surface area contributed by atoms with E-state index >= 15 is 0 Å². The molecule has 0 radical (unpaired) electrons. The van der Waals surface area contributed by atoms with E-state index in [2.05, 4.69) is 4.98 Å². The Morgan fingerprint density at radius 1 is 1.69 bits per heavy atom.